The van der Waals surface area contributed by atoms with Crippen molar-refractivity contribution in [1.82, 2.24) is 5.32 Å². The summed E-state index contributed by atoms with van der Waals surface area (Å²) in [5, 5.41) is 5.94. The van der Waals surface area contributed by atoms with E-state index in [9.17, 15) is 9.59 Å². The molecule has 3 rings (SSSR count). The minimum absolute atomic E-state index is 0.128. The molecule has 166 valence electrons. The summed E-state index contributed by atoms with van der Waals surface area (Å²) in [5.74, 6) is 0.399. The van der Waals surface area contributed by atoms with Gasteiger partial charge in [0.15, 0.2) is 0 Å². The number of piperidine rings is 1. The van der Waals surface area contributed by atoms with Gasteiger partial charge in [0.25, 0.3) is 11.8 Å². The lowest BCUT2D eigenvalue weighted by molar-refractivity contribution is 0.0947. The van der Waals surface area contributed by atoms with Gasteiger partial charge in [-0.15, -0.1) is 0 Å². The highest BCUT2D eigenvalue weighted by Crippen LogP contribution is 2.29. The Balaban J connectivity index is 1.82. The third kappa shape index (κ3) is 6.07. The first-order chi connectivity index (χ1) is 15.0. The Morgan fingerprint density at radius 1 is 1.06 bits per heavy atom. The molecule has 1 saturated heterocycles. The van der Waals surface area contributed by atoms with Gasteiger partial charge in [0.1, 0.15) is 0 Å². The first-order valence-corrected chi connectivity index (χ1v) is 11.0. The smallest absolute Gasteiger partial charge is 0.255 e. The molecule has 6 nitrogen and oxygen atoms in total. The molecule has 0 spiro atoms. The normalized spacial score (nSPS) is 14.4. The number of nitrogens with zero attached hydrogens (tertiary/aromatic N) is 1. The molecule has 1 aliphatic rings. The van der Waals surface area contributed by atoms with Gasteiger partial charge in [-0.05, 0) is 61.9 Å². The molecule has 0 aliphatic carbocycles. The van der Waals surface area contributed by atoms with Gasteiger partial charge >= 0.3 is 0 Å². The van der Waals surface area contributed by atoms with Crippen molar-refractivity contribution in [3.8, 4) is 0 Å². The van der Waals surface area contributed by atoms with Crippen LogP contribution in [0.4, 0.5) is 11.4 Å². The molecule has 2 aromatic carbocycles. The molecule has 1 heterocycles. The maximum atomic E-state index is 13.0. The van der Waals surface area contributed by atoms with Crippen LogP contribution in [-0.4, -0.2) is 45.2 Å². The summed E-state index contributed by atoms with van der Waals surface area (Å²) in [6.45, 7) is 7.19. The highest BCUT2D eigenvalue weighted by Gasteiger charge is 2.22. The first kappa shape index (κ1) is 22.8. The quantitative estimate of drug-likeness (QED) is 0.623. The van der Waals surface area contributed by atoms with Gasteiger partial charge < -0.3 is 20.3 Å². The van der Waals surface area contributed by atoms with E-state index in [0.717, 1.165) is 43.6 Å². The minimum Gasteiger partial charge on any atom is -0.385 e. The van der Waals surface area contributed by atoms with Crippen LogP contribution in [0.1, 0.15) is 52.5 Å². The zero-order valence-corrected chi connectivity index (χ0v) is 18.7. The van der Waals surface area contributed by atoms with Crippen molar-refractivity contribution in [2.75, 3.05) is 43.6 Å². The molecule has 0 radical (unpaired) electrons. The van der Waals surface area contributed by atoms with Gasteiger partial charge in [0.2, 0.25) is 0 Å². The largest absolute Gasteiger partial charge is 0.385 e. The third-order valence-electron chi connectivity index (χ3n) is 5.82. The van der Waals surface area contributed by atoms with E-state index in [1.165, 1.54) is 0 Å². The number of methoxy groups -OCH3 is 1. The number of carbonyl (C=O) groups is 2. The molecule has 0 atom stereocenters. The number of rotatable bonds is 8. The molecule has 0 saturated carbocycles. The predicted molar refractivity (Wildman–Crippen MR) is 125 cm³/mol. The van der Waals surface area contributed by atoms with Crippen molar-refractivity contribution in [1.29, 1.82) is 0 Å². The number of aryl methyl sites for hydroxylation is 1. The van der Waals surface area contributed by atoms with Crippen LogP contribution in [0.3, 0.4) is 0 Å². The maximum Gasteiger partial charge on any atom is 0.255 e. The van der Waals surface area contributed by atoms with Crippen molar-refractivity contribution >= 4 is 23.2 Å². The molecule has 2 aromatic rings. The van der Waals surface area contributed by atoms with E-state index in [1.54, 1.807) is 19.2 Å². The Morgan fingerprint density at radius 2 is 1.81 bits per heavy atom. The SMILES string of the molecule is COCCCNC(=O)c1cc(NC(=O)c2ccccc2C)ccc1N1CCC(C)CC1. The molecule has 6 heteroatoms. The van der Waals surface area contributed by atoms with Gasteiger partial charge in [-0.1, -0.05) is 25.1 Å². The fraction of sp³-hybridized carbons (Fsp3) is 0.440. The third-order valence-corrected chi connectivity index (χ3v) is 5.82. The highest BCUT2D eigenvalue weighted by atomic mass is 16.5. The number of ether oxygens (including phenoxy) is 1. The second kappa shape index (κ2) is 11.0. The Hall–Kier alpha value is -2.86. The van der Waals surface area contributed by atoms with E-state index in [2.05, 4.69) is 22.5 Å². The summed E-state index contributed by atoms with van der Waals surface area (Å²) in [6, 6.07) is 13.1. The van der Waals surface area contributed by atoms with E-state index < -0.39 is 0 Å². The van der Waals surface area contributed by atoms with Crippen molar-refractivity contribution in [2.24, 2.45) is 5.92 Å². The summed E-state index contributed by atoms with van der Waals surface area (Å²) in [5.41, 5.74) is 3.67. The van der Waals surface area contributed by atoms with Crippen LogP contribution in [0, 0.1) is 12.8 Å². The standard InChI is InChI=1S/C25H33N3O3/c1-18-11-14-28(15-12-18)23-10-9-20(17-22(23)24(29)26-13-6-16-31-3)27-25(30)21-8-5-4-7-19(21)2/h4-5,7-10,17-18H,6,11-16H2,1-3H3,(H,26,29)(H,27,30). The van der Waals surface area contributed by atoms with Crippen LogP contribution in [0.25, 0.3) is 0 Å². The number of anilines is 2. The number of hydrogen-bond donors (Lipinski definition) is 2. The number of benzene rings is 2. The molecule has 0 bridgehead atoms. The van der Waals surface area contributed by atoms with Gasteiger partial charge in [-0.3, -0.25) is 9.59 Å². The van der Waals surface area contributed by atoms with Crippen LogP contribution < -0.4 is 15.5 Å². The predicted octanol–water partition coefficient (Wildman–Crippen LogP) is 4.25. The average molecular weight is 424 g/mol. The van der Waals surface area contributed by atoms with Gasteiger partial charge in [-0.25, -0.2) is 0 Å². The van der Waals surface area contributed by atoms with E-state index in [4.69, 9.17) is 4.74 Å². The zero-order valence-electron chi connectivity index (χ0n) is 18.7. The minimum atomic E-state index is -0.177. The Morgan fingerprint density at radius 3 is 2.52 bits per heavy atom. The molecule has 31 heavy (non-hydrogen) atoms. The Labute approximate surface area is 185 Å². The monoisotopic (exact) mass is 423 g/mol. The number of nitrogens with one attached hydrogen (secondary N) is 2. The van der Waals surface area contributed by atoms with E-state index in [0.29, 0.717) is 35.9 Å². The summed E-state index contributed by atoms with van der Waals surface area (Å²) in [7, 11) is 1.65. The number of hydrogen-bond acceptors (Lipinski definition) is 4. The fourth-order valence-electron chi connectivity index (χ4n) is 3.86. The molecule has 2 N–H and O–H groups in total. The van der Waals surface area contributed by atoms with Gasteiger partial charge in [-0.2, -0.15) is 0 Å². The van der Waals surface area contributed by atoms with E-state index in [1.807, 2.05) is 37.3 Å². The van der Waals surface area contributed by atoms with Gasteiger partial charge in [0.05, 0.1) is 5.56 Å². The van der Waals surface area contributed by atoms with Gasteiger partial charge in [0, 0.05) is 50.3 Å². The van der Waals surface area contributed by atoms with Crippen LogP contribution in [0.15, 0.2) is 42.5 Å². The van der Waals surface area contributed by atoms with Crippen molar-refractivity contribution in [3.05, 3.63) is 59.2 Å². The maximum absolute atomic E-state index is 13.0. The average Bonchev–Trinajstić information content (AvgIpc) is 2.77. The second-order valence-corrected chi connectivity index (χ2v) is 8.27. The summed E-state index contributed by atoms with van der Waals surface area (Å²) in [6.07, 6.45) is 2.98. The lowest BCUT2D eigenvalue weighted by Crippen LogP contribution is -2.35. The van der Waals surface area contributed by atoms with Crippen LogP contribution in [0.5, 0.6) is 0 Å². The van der Waals surface area contributed by atoms with E-state index in [-0.39, 0.29) is 11.8 Å². The van der Waals surface area contributed by atoms with Crippen LogP contribution in [-0.2, 0) is 4.74 Å². The fourth-order valence-corrected chi connectivity index (χ4v) is 3.86. The summed E-state index contributed by atoms with van der Waals surface area (Å²) in [4.78, 5) is 28.0. The highest BCUT2D eigenvalue weighted by molar-refractivity contribution is 6.07. The summed E-state index contributed by atoms with van der Waals surface area (Å²) >= 11 is 0. The van der Waals surface area contributed by atoms with Crippen LogP contribution >= 0.6 is 0 Å². The Kier molecular flexibility index (Phi) is 8.06. The topological polar surface area (TPSA) is 70.7 Å². The summed E-state index contributed by atoms with van der Waals surface area (Å²) < 4.78 is 5.07. The molecule has 1 fully saturated rings. The molecule has 0 aromatic heterocycles. The number of carbonyl (C=O) groups excluding carboxylic acids is 2. The van der Waals surface area contributed by atoms with Crippen LogP contribution in [0.2, 0.25) is 0 Å². The van der Waals surface area contributed by atoms with Crippen molar-refractivity contribution in [3.63, 3.8) is 0 Å². The lowest BCUT2D eigenvalue weighted by Gasteiger charge is -2.33. The second-order valence-electron chi connectivity index (χ2n) is 8.27. The number of amides is 2. The molecule has 1 aliphatic heterocycles. The van der Waals surface area contributed by atoms with E-state index >= 15 is 0 Å². The van der Waals surface area contributed by atoms with Crippen molar-refractivity contribution in [2.45, 2.75) is 33.1 Å². The molecular formula is C25H33N3O3. The first-order valence-electron chi connectivity index (χ1n) is 11.0. The molecule has 0 unspecified atom stereocenters. The molecular weight excluding hydrogens is 390 g/mol. The molecule has 2 amide bonds. The lowest BCUT2D eigenvalue weighted by atomic mass is 9.97. The Bertz CT molecular complexity index is 905. The zero-order chi connectivity index (χ0) is 22.2. The van der Waals surface area contributed by atoms with Crippen molar-refractivity contribution < 1.29 is 14.3 Å².